The number of rotatable bonds is 10. The largest absolute Gasteiger partial charge is 0.444 e. The number of hydrogen-bond donors (Lipinski definition) is 2. The minimum atomic E-state index is -1.00. The number of ketones is 2. The van der Waals surface area contributed by atoms with Gasteiger partial charge in [-0.25, -0.2) is 4.79 Å². The molecule has 1 aliphatic heterocycles. The molecular formula is C30H47N3O6. The molecule has 3 N–H and O–H groups in total. The predicted octanol–water partition coefficient (Wildman–Crippen LogP) is 3.76. The van der Waals surface area contributed by atoms with Gasteiger partial charge in [0.15, 0.2) is 5.78 Å². The van der Waals surface area contributed by atoms with Gasteiger partial charge in [0.05, 0.1) is 6.04 Å². The highest BCUT2D eigenvalue weighted by Gasteiger charge is 2.69. The van der Waals surface area contributed by atoms with E-state index < -0.39 is 41.4 Å². The highest BCUT2D eigenvalue weighted by molar-refractivity contribution is 6.36. The van der Waals surface area contributed by atoms with Gasteiger partial charge >= 0.3 is 6.09 Å². The molecule has 0 spiro atoms. The summed E-state index contributed by atoms with van der Waals surface area (Å²) in [5, 5.41) is 2.87. The number of carbonyl (C=O) groups excluding carboxylic acids is 5. The molecule has 0 aromatic rings. The van der Waals surface area contributed by atoms with Gasteiger partial charge in [0.2, 0.25) is 11.7 Å². The van der Waals surface area contributed by atoms with E-state index in [-0.39, 0.29) is 41.3 Å². The number of carbonyl (C=O) groups is 5. The smallest absolute Gasteiger partial charge is 0.408 e. The molecular weight excluding hydrogens is 498 g/mol. The Kier molecular flexibility index (Phi) is 8.48. The minimum Gasteiger partial charge on any atom is -0.444 e. The first-order chi connectivity index (χ1) is 18.2. The summed E-state index contributed by atoms with van der Waals surface area (Å²) < 4.78 is 5.49. The maximum atomic E-state index is 14.2. The van der Waals surface area contributed by atoms with E-state index >= 15 is 0 Å². The number of Topliss-reactive ketones (excluding diaryl/α,β-unsaturated/α-hetero) is 2. The number of piperidine rings is 1. The number of alkyl carbamates (subject to hydrolysis) is 1. The van der Waals surface area contributed by atoms with Crippen LogP contribution >= 0.6 is 0 Å². The number of likely N-dealkylation sites (tertiary alicyclic amines) is 1. The zero-order chi connectivity index (χ0) is 28.7. The summed E-state index contributed by atoms with van der Waals surface area (Å²) in [5.74, 6) is -2.39. The molecule has 9 heteroatoms. The Morgan fingerprint density at radius 3 is 2.18 bits per heavy atom. The molecule has 0 aromatic carbocycles. The molecule has 3 aliphatic carbocycles. The standard InChI is InChI=1S/C30H47N3O6/c1-29(2,3)39-28(38)32-23(18-12-7-6-8-13-18)27(37)33-16-20-22(30(20,4)5)24(33)21(34)15-19(25(35)26(31)36)14-17-10-9-11-17/h17-20,22-24H,6-16H2,1-5H3,(H2,31,36)(H,32,38)/t19?,20-,22-,23-,24+/m0/s1. The van der Waals surface area contributed by atoms with Gasteiger partial charge < -0.3 is 20.7 Å². The number of nitrogens with one attached hydrogen (secondary N) is 1. The van der Waals surface area contributed by atoms with Crippen molar-refractivity contribution in [3.63, 3.8) is 0 Å². The van der Waals surface area contributed by atoms with Crippen molar-refractivity contribution in [3.05, 3.63) is 0 Å². The van der Waals surface area contributed by atoms with E-state index in [1.165, 1.54) is 0 Å². The van der Waals surface area contributed by atoms with Gasteiger partial charge in [0.25, 0.3) is 5.91 Å². The van der Waals surface area contributed by atoms with Crippen LogP contribution in [-0.4, -0.2) is 58.6 Å². The van der Waals surface area contributed by atoms with E-state index in [1.54, 1.807) is 25.7 Å². The lowest BCUT2D eigenvalue weighted by atomic mass is 9.76. The van der Waals surface area contributed by atoms with Crippen LogP contribution < -0.4 is 11.1 Å². The lowest BCUT2D eigenvalue weighted by Crippen LogP contribution is -2.57. The summed E-state index contributed by atoms with van der Waals surface area (Å²) in [5.41, 5.74) is 4.56. The third kappa shape index (κ3) is 6.49. The first-order valence-electron chi connectivity index (χ1n) is 14.9. The molecule has 9 nitrogen and oxygen atoms in total. The average Bonchev–Trinajstić information content (AvgIpc) is 3.15. The Morgan fingerprint density at radius 1 is 1.00 bits per heavy atom. The van der Waals surface area contributed by atoms with Crippen LogP contribution in [0.3, 0.4) is 0 Å². The lowest BCUT2D eigenvalue weighted by molar-refractivity contribution is -0.144. The molecule has 5 atom stereocenters. The highest BCUT2D eigenvalue weighted by Crippen LogP contribution is 2.65. The van der Waals surface area contributed by atoms with E-state index in [4.69, 9.17) is 10.5 Å². The van der Waals surface area contributed by atoms with E-state index in [1.807, 2.05) is 0 Å². The first-order valence-corrected chi connectivity index (χ1v) is 14.9. The van der Waals surface area contributed by atoms with Crippen molar-refractivity contribution in [3.8, 4) is 0 Å². The Bertz CT molecular complexity index is 991. The second-order valence-corrected chi connectivity index (χ2v) is 14.0. The van der Waals surface area contributed by atoms with Crippen LogP contribution in [0.5, 0.6) is 0 Å². The van der Waals surface area contributed by atoms with Gasteiger partial charge in [0, 0.05) is 18.9 Å². The van der Waals surface area contributed by atoms with Crippen molar-refractivity contribution in [2.75, 3.05) is 6.54 Å². The van der Waals surface area contributed by atoms with Crippen LogP contribution in [0.2, 0.25) is 0 Å². The van der Waals surface area contributed by atoms with E-state index in [9.17, 15) is 24.0 Å². The Hall–Kier alpha value is -2.45. The number of hydrogen-bond acceptors (Lipinski definition) is 6. The fourth-order valence-corrected chi connectivity index (χ4v) is 7.32. The molecule has 4 fully saturated rings. The van der Waals surface area contributed by atoms with Crippen LogP contribution in [-0.2, 0) is 23.9 Å². The third-order valence-electron chi connectivity index (χ3n) is 9.78. The Balaban J connectivity index is 1.55. The van der Waals surface area contributed by atoms with Crippen LogP contribution in [0.4, 0.5) is 4.79 Å². The average molecular weight is 546 g/mol. The Morgan fingerprint density at radius 2 is 1.64 bits per heavy atom. The maximum absolute atomic E-state index is 14.2. The molecule has 0 bridgehead atoms. The first kappa shape index (κ1) is 29.5. The van der Waals surface area contributed by atoms with Crippen LogP contribution in [0.25, 0.3) is 0 Å². The zero-order valence-electron chi connectivity index (χ0n) is 24.3. The fraction of sp³-hybridized carbons (Fsp3) is 0.833. The number of fused-ring (bicyclic) bond motifs is 1. The van der Waals surface area contributed by atoms with Crippen LogP contribution in [0.1, 0.15) is 98.8 Å². The van der Waals surface area contributed by atoms with Gasteiger partial charge in [-0.05, 0) is 69.1 Å². The van der Waals surface area contributed by atoms with Crippen molar-refractivity contribution in [2.24, 2.45) is 40.7 Å². The van der Waals surface area contributed by atoms with Crippen molar-refractivity contribution < 1.29 is 28.7 Å². The van der Waals surface area contributed by atoms with Crippen LogP contribution in [0, 0.1) is 35.0 Å². The molecule has 4 aliphatic rings. The molecule has 3 amide bonds. The van der Waals surface area contributed by atoms with Gasteiger partial charge in [-0.1, -0.05) is 52.4 Å². The van der Waals surface area contributed by atoms with Crippen LogP contribution in [0.15, 0.2) is 0 Å². The number of nitrogens with two attached hydrogens (primary N) is 1. The molecule has 4 rings (SSSR count). The fourth-order valence-electron chi connectivity index (χ4n) is 7.32. The molecule has 39 heavy (non-hydrogen) atoms. The van der Waals surface area contributed by atoms with Gasteiger partial charge in [-0.15, -0.1) is 0 Å². The van der Waals surface area contributed by atoms with Crippen molar-refractivity contribution >= 4 is 29.5 Å². The normalized spacial score (nSPS) is 28.0. The van der Waals surface area contributed by atoms with E-state index in [0.717, 1.165) is 51.4 Å². The Labute approximate surface area is 232 Å². The summed E-state index contributed by atoms with van der Waals surface area (Å²) in [6, 6.07) is -1.44. The maximum Gasteiger partial charge on any atom is 0.408 e. The lowest BCUT2D eigenvalue weighted by Gasteiger charge is -2.37. The number of ether oxygens (including phenoxy) is 1. The summed E-state index contributed by atoms with van der Waals surface area (Å²) >= 11 is 0. The zero-order valence-corrected chi connectivity index (χ0v) is 24.3. The summed E-state index contributed by atoms with van der Waals surface area (Å²) in [6.07, 6.45) is 7.56. The van der Waals surface area contributed by atoms with Gasteiger partial charge in [-0.2, -0.15) is 0 Å². The monoisotopic (exact) mass is 545 g/mol. The van der Waals surface area contributed by atoms with E-state index in [0.29, 0.717) is 18.9 Å². The molecule has 0 aromatic heterocycles. The summed E-state index contributed by atoms with van der Waals surface area (Å²) in [4.78, 5) is 67.0. The molecule has 1 saturated heterocycles. The van der Waals surface area contributed by atoms with Gasteiger partial charge in [-0.3, -0.25) is 19.2 Å². The quantitative estimate of drug-likeness (QED) is 0.401. The second kappa shape index (κ2) is 11.2. The van der Waals surface area contributed by atoms with Gasteiger partial charge in [0.1, 0.15) is 11.6 Å². The molecule has 1 unspecified atom stereocenters. The second-order valence-electron chi connectivity index (χ2n) is 14.0. The SMILES string of the molecule is CC(C)(C)OC(=O)N[C@H](C(=O)N1C[C@H]2[C@@H]([C@H]1C(=O)CC(CC1CCC1)C(=O)C(N)=O)C2(C)C)C1CCCCC1. The molecule has 1 heterocycles. The molecule has 0 radical (unpaired) electrons. The minimum absolute atomic E-state index is 0.00415. The van der Waals surface area contributed by atoms with Crippen molar-refractivity contribution in [1.29, 1.82) is 0 Å². The van der Waals surface area contributed by atoms with Crippen molar-refractivity contribution in [2.45, 2.75) is 117 Å². The number of primary amides is 1. The molecule has 218 valence electrons. The number of nitrogens with zero attached hydrogens (tertiary/aromatic N) is 1. The summed E-state index contributed by atoms with van der Waals surface area (Å²) in [6.45, 7) is 10.0. The number of amides is 3. The molecule has 3 saturated carbocycles. The topological polar surface area (TPSA) is 136 Å². The highest BCUT2D eigenvalue weighted by atomic mass is 16.6. The predicted molar refractivity (Wildman–Crippen MR) is 145 cm³/mol. The third-order valence-corrected chi connectivity index (χ3v) is 9.78. The van der Waals surface area contributed by atoms with Crippen molar-refractivity contribution in [1.82, 2.24) is 10.2 Å². The summed E-state index contributed by atoms with van der Waals surface area (Å²) in [7, 11) is 0. The van der Waals surface area contributed by atoms with E-state index in [2.05, 4.69) is 19.2 Å².